The number of carbonyl (C=O) groups excluding carboxylic acids is 1. The summed E-state index contributed by atoms with van der Waals surface area (Å²) >= 11 is 1.51. The lowest BCUT2D eigenvalue weighted by Crippen LogP contribution is -2.42. The fourth-order valence-corrected chi connectivity index (χ4v) is 5.49. The van der Waals surface area contributed by atoms with Gasteiger partial charge in [-0.1, -0.05) is 12.1 Å². The molecule has 2 aromatic rings. The number of carbonyl (C=O) groups is 1. The third-order valence-electron chi connectivity index (χ3n) is 4.12. The van der Waals surface area contributed by atoms with Crippen LogP contribution in [0.1, 0.15) is 33.6 Å². The number of nitrogens with zero attached hydrogens (tertiary/aromatic N) is 2. The summed E-state index contributed by atoms with van der Waals surface area (Å²) in [5, 5.41) is 0. The number of hydrogen-bond donors (Lipinski definition) is 0. The topological polar surface area (TPSA) is 59.5 Å². The molecule has 0 aliphatic carbocycles. The predicted molar refractivity (Wildman–Crippen MR) is 101 cm³/mol. The molecule has 0 saturated carbocycles. The Balaban J connectivity index is 1.53. The van der Waals surface area contributed by atoms with Crippen LogP contribution in [-0.4, -0.2) is 44.6 Å². The van der Waals surface area contributed by atoms with Crippen LogP contribution in [0.15, 0.2) is 28.6 Å². The van der Waals surface area contributed by atoms with Crippen molar-refractivity contribution in [2.75, 3.05) is 18.8 Å². The van der Waals surface area contributed by atoms with Crippen LogP contribution in [0.4, 0.5) is 4.79 Å². The molecule has 3 rings (SSSR count). The molecule has 1 aromatic carbocycles. The Bertz CT molecular complexity index is 741. The highest BCUT2D eigenvalue weighted by Crippen LogP contribution is 2.27. The quantitative estimate of drug-likeness (QED) is 0.806. The van der Waals surface area contributed by atoms with Crippen molar-refractivity contribution in [3.8, 4) is 0 Å². The van der Waals surface area contributed by atoms with Gasteiger partial charge < -0.3 is 9.64 Å². The predicted octanol–water partition coefficient (Wildman–Crippen LogP) is 4.05. The second kappa shape index (κ2) is 7.41. The van der Waals surface area contributed by atoms with Crippen LogP contribution in [0.3, 0.4) is 0 Å². The zero-order chi connectivity index (χ0) is 18.0. The number of fused-ring (bicyclic) bond motifs is 1. The summed E-state index contributed by atoms with van der Waals surface area (Å²) in [5.74, 6) is 0.966. The number of piperidine rings is 1. The van der Waals surface area contributed by atoms with Crippen LogP contribution >= 0.6 is 11.3 Å². The van der Waals surface area contributed by atoms with Crippen molar-refractivity contribution in [2.45, 2.75) is 43.6 Å². The largest absolute Gasteiger partial charge is 0.444 e. The number of benzene rings is 1. The maximum atomic E-state index is 12.6. The first kappa shape index (κ1) is 18.3. The highest BCUT2D eigenvalue weighted by atomic mass is 32.2. The van der Waals surface area contributed by atoms with E-state index in [2.05, 4.69) is 4.98 Å². The molecule has 7 heteroatoms. The van der Waals surface area contributed by atoms with Crippen LogP contribution in [-0.2, 0) is 15.5 Å². The molecular formula is C18H24N2O3S2. The molecule has 1 atom stereocenters. The van der Waals surface area contributed by atoms with Crippen LogP contribution in [0.2, 0.25) is 0 Å². The summed E-state index contributed by atoms with van der Waals surface area (Å²) in [6, 6.07) is 7.87. The Morgan fingerprint density at radius 2 is 2.00 bits per heavy atom. The van der Waals surface area contributed by atoms with Crippen LogP contribution in [0.5, 0.6) is 0 Å². The first-order valence-electron chi connectivity index (χ1n) is 8.54. The van der Waals surface area contributed by atoms with Crippen molar-refractivity contribution in [2.24, 2.45) is 5.92 Å². The van der Waals surface area contributed by atoms with E-state index in [0.717, 1.165) is 23.1 Å². The van der Waals surface area contributed by atoms with E-state index < -0.39 is 16.4 Å². The molecule has 1 fully saturated rings. The maximum absolute atomic E-state index is 12.6. The molecule has 1 aromatic heterocycles. The average molecular weight is 381 g/mol. The number of hydrogen-bond acceptors (Lipinski definition) is 5. The van der Waals surface area contributed by atoms with E-state index in [-0.39, 0.29) is 6.09 Å². The zero-order valence-corrected chi connectivity index (χ0v) is 16.5. The normalized spacial score (nSPS) is 17.6. The van der Waals surface area contributed by atoms with Gasteiger partial charge in [0.2, 0.25) is 0 Å². The lowest BCUT2D eigenvalue weighted by molar-refractivity contribution is 0.0191. The van der Waals surface area contributed by atoms with Crippen LogP contribution < -0.4 is 0 Å². The summed E-state index contributed by atoms with van der Waals surface area (Å²) in [5.41, 5.74) is 0.443. The number of thiazole rings is 1. The zero-order valence-electron chi connectivity index (χ0n) is 14.9. The van der Waals surface area contributed by atoms with Gasteiger partial charge in [0.15, 0.2) is 4.34 Å². The van der Waals surface area contributed by atoms with Crippen molar-refractivity contribution < 1.29 is 13.7 Å². The van der Waals surface area contributed by atoms with Gasteiger partial charge in [-0.15, -0.1) is 11.3 Å². The highest BCUT2D eigenvalue weighted by molar-refractivity contribution is 7.87. The van der Waals surface area contributed by atoms with Crippen molar-refractivity contribution in [3.63, 3.8) is 0 Å². The second-order valence-corrected chi connectivity index (χ2v) is 10.1. The van der Waals surface area contributed by atoms with Gasteiger partial charge >= 0.3 is 6.09 Å². The summed E-state index contributed by atoms with van der Waals surface area (Å²) in [6.07, 6.45) is 1.46. The Labute approximate surface area is 154 Å². The first-order chi connectivity index (χ1) is 11.8. The van der Waals surface area contributed by atoms with Gasteiger partial charge in [0.1, 0.15) is 5.60 Å². The number of likely N-dealkylation sites (tertiary alicyclic amines) is 1. The summed E-state index contributed by atoms with van der Waals surface area (Å²) in [6.45, 7) is 6.95. The molecule has 1 saturated heterocycles. The third-order valence-corrected chi connectivity index (χ3v) is 7.02. The molecule has 1 unspecified atom stereocenters. The van der Waals surface area contributed by atoms with E-state index in [1.807, 2.05) is 45.0 Å². The molecule has 1 aliphatic rings. The van der Waals surface area contributed by atoms with Gasteiger partial charge in [-0.25, -0.2) is 9.78 Å². The van der Waals surface area contributed by atoms with Gasteiger partial charge in [-0.2, -0.15) is 0 Å². The SMILES string of the molecule is CC(C)(C)OC(=O)N1CCC(CS(=O)c2nc3ccccc3s2)CC1. The smallest absolute Gasteiger partial charge is 0.410 e. The highest BCUT2D eigenvalue weighted by Gasteiger charge is 2.28. The Morgan fingerprint density at radius 1 is 1.32 bits per heavy atom. The van der Waals surface area contributed by atoms with Gasteiger partial charge in [0.25, 0.3) is 0 Å². The van der Waals surface area contributed by atoms with Crippen LogP contribution in [0, 0.1) is 5.92 Å². The summed E-state index contributed by atoms with van der Waals surface area (Å²) < 4.78 is 19.8. The number of rotatable bonds is 3. The van der Waals surface area contributed by atoms with E-state index in [1.54, 1.807) is 4.90 Å². The first-order valence-corrected chi connectivity index (χ1v) is 10.7. The minimum atomic E-state index is -1.08. The van der Waals surface area contributed by atoms with E-state index in [0.29, 0.717) is 29.1 Å². The molecule has 1 aliphatic heterocycles. The second-order valence-electron chi connectivity index (χ2n) is 7.37. The fraction of sp³-hybridized carbons (Fsp3) is 0.556. The molecule has 5 nitrogen and oxygen atoms in total. The fourth-order valence-electron chi connectivity index (χ4n) is 2.84. The van der Waals surface area contributed by atoms with E-state index in [1.165, 1.54) is 11.3 Å². The minimum absolute atomic E-state index is 0.252. The molecular weight excluding hydrogens is 356 g/mol. The molecule has 0 N–H and O–H groups in total. The number of aromatic nitrogens is 1. The number of ether oxygens (including phenoxy) is 1. The van der Waals surface area contributed by atoms with E-state index >= 15 is 0 Å². The number of amides is 1. The Kier molecular flexibility index (Phi) is 5.43. The van der Waals surface area contributed by atoms with Gasteiger partial charge in [-0.3, -0.25) is 4.21 Å². The summed E-state index contributed by atoms with van der Waals surface area (Å²) in [7, 11) is -1.08. The molecule has 0 radical (unpaired) electrons. The summed E-state index contributed by atoms with van der Waals surface area (Å²) in [4.78, 5) is 18.3. The Hall–Kier alpha value is -1.47. The standard InChI is InChI=1S/C18H24N2O3S2/c1-18(2,3)23-17(21)20-10-8-13(9-11-20)12-25(22)16-19-14-6-4-5-7-15(14)24-16/h4-7,13H,8-12H2,1-3H3. The van der Waals surface area contributed by atoms with E-state index in [9.17, 15) is 9.00 Å². The monoisotopic (exact) mass is 380 g/mol. The average Bonchev–Trinajstić information content (AvgIpc) is 2.98. The van der Waals surface area contributed by atoms with E-state index in [4.69, 9.17) is 4.74 Å². The van der Waals surface area contributed by atoms with Gasteiger partial charge in [0.05, 0.1) is 21.0 Å². The van der Waals surface area contributed by atoms with Crippen molar-refractivity contribution in [3.05, 3.63) is 24.3 Å². The molecule has 0 bridgehead atoms. The maximum Gasteiger partial charge on any atom is 0.410 e. The van der Waals surface area contributed by atoms with Gasteiger partial charge in [0, 0.05) is 18.8 Å². The van der Waals surface area contributed by atoms with Gasteiger partial charge in [-0.05, 0) is 51.7 Å². The lowest BCUT2D eigenvalue weighted by Gasteiger charge is -2.33. The number of para-hydroxylation sites is 1. The molecule has 1 amide bonds. The van der Waals surface area contributed by atoms with Crippen molar-refractivity contribution in [1.29, 1.82) is 0 Å². The Morgan fingerprint density at radius 3 is 2.64 bits per heavy atom. The lowest BCUT2D eigenvalue weighted by atomic mass is 9.99. The molecule has 2 heterocycles. The van der Waals surface area contributed by atoms with Crippen molar-refractivity contribution in [1.82, 2.24) is 9.88 Å². The molecule has 25 heavy (non-hydrogen) atoms. The third kappa shape index (κ3) is 4.79. The molecule has 0 spiro atoms. The minimum Gasteiger partial charge on any atom is -0.444 e. The van der Waals surface area contributed by atoms with Crippen LogP contribution in [0.25, 0.3) is 10.2 Å². The molecule has 136 valence electrons. The van der Waals surface area contributed by atoms with Crippen molar-refractivity contribution >= 4 is 38.4 Å².